The highest BCUT2D eigenvalue weighted by Crippen LogP contribution is 2.40. The van der Waals surface area contributed by atoms with Crippen molar-refractivity contribution in [1.82, 2.24) is 10.3 Å². The van der Waals surface area contributed by atoms with Gasteiger partial charge < -0.3 is 25.5 Å². The van der Waals surface area contributed by atoms with Gasteiger partial charge in [-0.2, -0.15) is 0 Å². The molecule has 2 atom stereocenters. The fourth-order valence-electron chi connectivity index (χ4n) is 3.44. The second kappa shape index (κ2) is 7.14. The van der Waals surface area contributed by atoms with Crippen molar-refractivity contribution in [2.24, 2.45) is 5.73 Å². The summed E-state index contributed by atoms with van der Waals surface area (Å²) in [4.78, 5) is 26.7. The molecule has 0 radical (unpaired) electrons. The summed E-state index contributed by atoms with van der Waals surface area (Å²) in [5.74, 6) is -0.311. The summed E-state index contributed by atoms with van der Waals surface area (Å²) in [6.07, 6.45) is 0.559. The molecule has 0 fully saturated rings. The van der Waals surface area contributed by atoms with E-state index in [0.717, 1.165) is 28.6 Å². The molecule has 0 saturated heterocycles. The van der Waals surface area contributed by atoms with E-state index in [1.165, 1.54) is 5.56 Å². The highest BCUT2D eigenvalue weighted by molar-refractivity contribution is 5.89. The van der Waals surface area contributed by atoms with Crippen LogP contribution in [0.25, 0.3) is 10.9 Å². The maximum Gasteiger partial charge on any atom is 0.312 e. The van der Waals surface area contributed by atoms with E-state index in [4.69, 9.17) is 15.2 Å². The Kier molecular flexibility index (Phi) is 4.94. The second-order valence-electron chi connectivity index (χ2n) is 6.04. The number of primary amides is 1. The van der Waals surface area contributed by atoms with Crippen LogP contribution in [0.15, 0.2) is 18.2 Å². The summed E-state index contributed by atoms with van der Waals surface area (Å²) in [5.41, 5.74) is 9.22. The van der Waals surface area contributed by atoms with Crippen molar-refractivity contribution in [2.45, 2.75) is 38.8 Å². The van der Waals surface area contributed by atoms with Crippen molar-refractivity contribution in [3.8, 4) is 0 Å². The average molecular weight is 345 g/mol. The van der Waals surface area contributed by atoms with Crippen LogP contribution < -0.4 is 11.1 Å². The maximum absolute atomic E-state index is 11.9. The molecule has 134 valence electrons. The summed E-state index contributed by atoms with van der Waals surface area (Å²) < 4.78 is 10.9. The van der Waals surface area contributed by atoms with Crippen LogP contribution in [0.1, 0.15) is 49.2 Å². The minimum atomic E-state index is -0.607. The normalized spacial score (nSPS) is 19.4. The van der Waals surface area contributed by atoms with E-state index in [-0.39, 0.29) is 25.0 Å². The Morgan fingerprint density at radius 3 is 2.88 bits per heavy atom. The molecule has 1 aromatic carbocycles. The molecule has 1 aliphatic rings. The Balaban J connectivity index is 2.07. The Morgan fingerprint density at radius 2 is 2.20 bits per heavy atom. The highest BCUT2D eigenvalue weighted by atomic mass is 16.5. The van der Waals surface area contributed by atoms with Gasteiger partial charge >= 0.3 is 12.0 Å². The van der Waals surface area contributed by atoms with Crippen LogP contribution in [-0.2, 0) is 20.7 Å². The molecular formula is C18H23N3O4. The van der Waals surface area contributed by atoms with Gasteiger partial charge in [0.25, 0.3) is 0 Å². The number of H-pyrrole nitrogens is 1. The fourth-order valence-corrected chi connectivity index (χ4v) is 3.44. The van der Waals surface area contributed by atoms with Crippen LogP contribution in [0.2, 0.25) is 0 Å². The molecule has 0 spiro atoms. The zero-order chi connectivity index (χ0) is 18.0. The van der Waals surface area contributed by atoms with Gasteiger partial charge in [0, 0.05) is 16.5 Å². The largest absolute Gasteiger partial charge is 0.466 e. The first kappa shape index (κ1) is 17.3. The monoisotopic (exact) mass is 345 g/mol. The van der Waals surface area contributed by atoms with Crippen molar-refractivity contribution in [3.05, 3.63) is 35.0 Å². The summed E-state index contributed by atoms with van der Waals surface area (Å²) in [6.45, 7) is 4.44. The third kappa shape index (κ3) is 3.32. The Hall–Kier alpha value is -2.54. The van der Waals surface area contributed by atoms with Crippen molar-refractivity contribution in [3.63, 3.8) is 0 Å². The third-order valence-electron chi connectivity index (χ3n) is 4.48. The van der Waals surface area contributed by atoms with Crippen molar-refractivity contribution >= 4 is 22.9 Å². The smallest absolute Gasteiger partial charge is 0.312 e. The highest BCUT2D eigenvalue weighted by Gasteiger charge is 2.34. The first-order chi connectivity index (χ1) is 12.0. The van der Waals surface area contributed by atoms with Crippen LogP contribution in [0, 0.1) is 0 Å². The van der Waals surface area contributed by atoms with E-state index in [9.17, 15) is 9.59 Å². The number of aryl methyl sites for hydroxylation is 1. The molecule has 0 aliphatic carbocycles. The number of hydrogen-bond donors (Lipinski definition) is 3. The SMILES string of the molecule is CCOC(=O)CC1OCC(NC(N)=O)c2c1[nH]c1c(CC)cccc21. The molecule has 4 N–H and O–H groups in total. The number of ether oxygens (including phenoxy) is 2. The molecule has 1 aliphatic heterocycles. The van der Waals surface area contributed by atoms with Gasteiger partial charge in [-0.1, -0.05) is 25.1 Å². The first-order valence-electron chi connectivity index (χ1n) is 8.51. The molecule has 0 saturated carbocycles. The van der Waals surface area contributed by atoms with Crippen molar-refractivity contribution < 1.29 is 19.1 Å². The van der Waals surface area contributed by atoms with Gasteiger partial charge in [0.2, 0.25) is 0 Å². The van der Waals surface area contributed by atoms with E-state index in [1.807, 2.05) is 12.1 Å². The van der Waals surface area contributed by atoms with Crippen molar-refractivity contribution in [1.29, 1.82) is 0 Å². The van der Waals surface area contributed by atoms with E-state index >= 15 is 0 Å². The Labute approximate surface area is 145 Å². The number of aromatic nitrogens is 1. The molecule has 25 heavy (non-hydrogen) atoms. The number of hydrogen-bond acceptors (Lipinski definition) is 4. The molecule has 7 nitrogen and oxygen atoms in total. The quantitative estimate of drug-likeness (QED) is 0.724. The Morgan fingerprint density at radius 1 is 1.40 bits per heavy atom. The van der Waals surface area contributed by atoms with Gasteiger partial charge in [0.15, 0.2) is 0 Å². The molecule has 7 heteroatoms. The molecule has 2 unspecified atom stereocenters. The van der Waals surface area contributed by atoms with E-state index in [1.54, 1.807) is 6.92 Å². The van der Waals surface area contributed by atoms with Crippen molar-refractivity contribution in [2.75, 3.05) is 13.2 Å². The maximum atomic E-state index is 11.9. The predicted molar refractivity (Wildman–Crippen MR) is 93.1 cm³/mol. The molecule has 2 amide bonds. The molecule has 0 bridgehead atoms. The van der Waals surface area contributed by atoms with Crippen LogP contribution in [0.4, 0.5) is 4.79 Å². The lowest BCUT2D eigenvalue weighted by Gasteiger charge is -2.29. The van der Waals surface area contributed by atoms with Gasteiger partial charge in [0.1, 0.15) is 6.10 Å². The van der Waals surface area contributed by atoms with E-state index in [0.29, 0.717) is 6.61 Å². The topological polar surface area (TPSA) is 106 Å². The third-order valence-corrected chi connectivity index (χ3v) is 4.48. The van der Waals surface area contributed by atoms with Crippen LogP contribution in [0.3, 0.4) is 0 Å². The Bertz CT molecular complexity index is 799. The number of nitrogens with one attached hydrogen (secondary N) is 2. The van der Waals surface area contributed by atoms with Crippen LogP contribution in [-0.4, -0.2) is 30.2 Å². The molecular weight excluding hydrogens is 322 g/mol. The lowest BCUT2D eigenvalue weighted by atomic mass is 9.96. The van der Waals surface area contributed by atoms with Crippen LogP contribution in [0.5, 0.6) is 0 Å². The number of amides is 2. The predicted octanol–water partition coefficient (Wildman–Crippen LogP) is 2.46. The fraction of sp³-hybridized carbons (Fsp3) is 0.444. The van der Waals surface area contributed by atoms with Gasteiger partial charge in [-0.05, 0) is 18.9 Å². The minimum Gasteiger partial charge on any atom is -0.466 e. The zero-order valence-electron chi connectivity index (χ0n) is 14.4. The van der Waals surface area contributed by atoms with E-state index < -0.39 is 12.1 Å². The van der Waals surface area contributed by atoms with Gasteiger partial charge in [-0.15, -0.1) is 0 Å². The zero-order valence-corrected chi connectivity index (χ0v) is 14.4. The average Bonchev–Trinajstić information content (AvgIpc) is 2.97. The number of nitrogens with two attached hydrogens (primary N) is 1. The first-order valence-corrected chi connectivity index (χ1v) is 8.51. The molecule has 2 aromatic rings. The summed E-state index contributed by atoms with van der Waals surface area (Å²) in [5, 5.41) is 3.75. The van der Waals surface area contributed by atoms with Gasteiger partial charge in [-0.3, -0.25) is 4.79 Å². The standard InChI is InChI=1S/C18H23N3O4/c1-3-10-6-5-7-11-15-12(20-18(19)23)9-25-13(8-14(22)24-4-2)17(15)21-16(10)11/h5-7,12-13,21H,3-4,8-9H2,1-2H3,(H3,19,20,23). The number of aromatic amines is 1. The number of urea groups is 1. The lowest BCUT2D eigenvalue weighted by Crippen LogP contribution is -2.38. The summed E-state index contributed by atoms with van der Waals surface area (Å²) >= 11 is 0. The lowest BCUT2D eigenvalue weighted by molar-refractivity contribution is -0.147. The number of esters is 1. The second-order valence-corrected chi connectivity index (χ2v) is 6.04. The number of para-hydroxylation sites is 1. The number of carbonyl (C=O) groups is 2. The van der Waals surface area contributed by atoms with E-state index in [2.05, 4.69) is 23.3 Å². The van der Waals surface area contributed by atoms with Gasteiger partial charge in [0.05, 0.1) is 31.4 Å². The molecule has 3 rings (SSSR count). The van der Waals surface area contributed by atoms with Crippen LogP contribution >= 0.6 is 0 Å². The number of fused-ring (bicyclic) bond motifs is 3. The molecule has 1 aromatic heterocycles. The van der Waals surface area contributed by atoms with Gasteiger partial charge in [-0.25, -0.2) is 4.79 Å². The number of rotatable bonds is 5. The molecule has 2 heterocycles. The number of benzene rings is 1. The minimum absolute atomic E-state index is 0.123. The summed E-state index contributed by atoms with van der Waals surface area (Å²) in [6, 6.07) is 5.09. The number of carbonyl (C=O) groups excluding carboxylic acids is 2. The summed E-state index contributed by atoms with van der Waals surface area (Å²) in [7, 11) is 0.